The average Bonchev–Trinajstić information content (AvgIpc) is 2.46. The molecule has 0 atom stereocenters. The maximum Gasteiger partial charge on any atom is 0.119 e. The number of rotatable bonds is 2. The molecule has 2 nitrogen and oxygen atoms in total. The second-order valence-electron chi connectivity index (χ2n) is 3.01. The van der Waals surface area contributed by atoms with Crippen molar-refractivity contribution in [1.29, 1.82) is 0 Å². The minimum absolute atomic E-state index is 0.977. The van der Waals surface area contributed by atoms with Crippen LogP contribution in [0.1, 0.15) is 5.82 Å². The summed E-state index contributed by atoms with van der Waals surface area (Å²) in [6, 6.07) is 8.23. The minimum Gasteiger partial charge on any atom is -0.330 e. The van der Waals surface area contributed by atoms with E-state index in [4.69, 9.17) is 0 Å². The van der Waals surface area contributed by atoms with Gasteiger partial charge in [-0.15, -0.1) is 0 Å². The van der Waals surface area contributed by atoms with Crippen molar-refractivity contribution in [1.82, 2.24) is 9.55 Å². The van der Waals surface area contributed by atoms with E-state index in [0.29, 0.717) is 0 Å². The van der Waals surface area contributed by atoms with Gasteiger partial charge in [-0.2, -0.15) is 11.8 Å². The van der Waals surface area contributed by atoms with Gasteiger partial charge in [-0.1, -0.05) is 12.1 Å². The Labute approximate surface area is 82.0 Å². The summed E-state index contributed by atoms with van der Waals surface area (Å²) in [7, 11) is 2.07. The lowest BCUT2D eigenvalue weighted by molar-refractivity contribution is 0.877. The van der Waals surface area contributed by atoms with Gasteiger partial charge in [-0.3, -0.25) is 0 Å². The molecule has 0 fully saturated rings. The molecule has 0 bridgehead atoms. The summed E-state index contributed by atoms with van der Waals surface area (Å²) in [6.07, 6.45) is 2.10. The van der Waals surface area contributed by atoms with Crippen LogP contribution in [0.5, 0.6) is 0 Å². The molecule has 13 heavy (non-hydrogen) atoms. The van der Waals surface area contributed by atoms with E-state index < -0.39 is 0 Å². The van der Waals surface area contributed by atoms with Crippen LogP contribution >= 0.6 is 11.8 Å². The quantitative estimate of drug-likeness (QED) is 0.727. The van der Waals surface area contributed by atoms with Gasteiger partial charge in [0.15, 0.2) is 0 Å². The fraction of sp³-hybridized carbons (Fsp3) is 0.300. The highest BCUT2D eigenvalue weighted by Crippen LogP contribution is 2.16. The summed E-state index contributed by atoms with van der Waals surface area (Å²) in [6.45, 7) is 0. The number of para-hydroxylation sites is 2. The zero-order chi connectivity index (χ0) is 9.26. The van der Waals surface area contributed by atoms with E-state index in [9.17, 15) is 0 Å². The van der Waals surface area contributed by atoms with Gasteiger partial charge < -0.3 is 4.57 Å². The van der Waals surface area contributed by atoms with Crippen LogP contribution in [0.25, 0.3) is 11.0 Å². The standard InChI is InChI=1S/C10H12N2S/c1-12-9-6-4-3-5-8(9)11-10(12)7-13-2/h3-6H,7H2,1-2H3. The fourth-order valence-corrected chi connectivity index (χ4v) is 1.97. The maximum absolute atomic E-state index is 4.54. The Bertz CT molecular complexity index is 420. The Kier molecular flexibility index (Phi) is 2.27. The fourth-order valence-electron chi connectivity index (χ4n) is 1.45. The van der Waals surface area contributed by atoms with Crippen LogP contribution in [-0.2, 0) is 12.8 Å². The third-order valence-electron chi connectivity index (χ3n) is 2.15. The van der Waals surface area contributed by atoms with Gasteiger partial charge in [-0.05, 0) is 18.4 Å². The minimum atomic E-state index is 0.977. The highest BCUT2D eigenvalue weighted by atomic mass is 32.2. The van der Waals surface area contributed by atoms with Crippen molar-refractivity contribution in [3.05, 3.63) is 30.1 Å². The van der Waals surface area contributed by atoms with Crippen molar-refractivity contribution in [2.75, 3.05) is 6.26 Å². The SMILES string of the molecule is CSCc1nc2ccccc2n1C. The van der Waals surface area contributed by atoms with Crippen molar-refractivity contribution in [3.63, 3.8) is 0 Å². The third-order valence-corrected chi connectivity index (χ3v) is 2.70. The number of aryl methyl sites for hydroxylation is 1. The molecular weight excluding hydrogens is 180 g/mol. The van der Waals surface area contributed by atoms with Gasteiger partial charge in [-0.25, -0.2) is 4.98 Å². The molecule has 0 saturated carbocycles. The molecule has 1 aromatic heterocycles. The number of hydrogen-bond acceptors (Lipinski definition) is 2. The third kappa shape index (κ3) is 1.44. The first-order valence-electron chi connectivity index (χ1n) is 4.22. The molecule has 2 aromatic rings. The lowest BCUT2D eigenvalue weighted by Gasteiger charge is -1.98. The molecule has 0 radical (unpaired) electrons. The van der Waals surface area contributed by atoms with E-state index in [-0.39, 0.29) is 0 Å². The molecule has 0 unspecified atom stereocenters. The summed E-state index contributed by atoms with van der Waals surface area (Å²) in [4.78, 5) is 4.54. The van der Waals surface area contributed by atoms with E-state index >= 15 is 0 Å². The second-order valence-corrected chi connectivity index (χ2v) is 3.87. The van der Waals surface area contributed by atoms with E-state index in [1.807, 2.05) is 12.1 Å². The van der Waals surface area contributed by atoms with Gasteiger partial charge in [0.2, 0.25) is 0 Å². The Morgan fingerprint density at radius 2 is 2.15 bits per heavy atom. The van der Waals surface area contributed by atoms with Crippen LogP contribution in [0.3, 0.4) is 0 Å². The van der Waals surface area contributed by atoms with Gasteiger partial charge in [0.25, 0.3) is 0 Å². The van der Waals surface area contributed by atoms with Gasteiger partial charge in [0.05, 0.1) is 16.8 Å². The van der Waals surface area contributed by atoms with E-state index in [2.05, 4.69) is 35.0 Å². The van der Waals surface area contributed by atoms with Crippen molar-refractivity contribution >= 4 is 22.8 Å². The molecule has 3 heteroatoms. The summed E-state index contributed by atoms with van der Waals surface area (Å²) in [5, 5.41) is 0. The molecule has 0 amide bonds. The summed E-state index contributed by atoms with van der Waals surface area (Å²) < 4.78 is 2.16. The van der Waals surface area contributed by atoms with Crippen molar-refractivity contribution in [3.8, 4) is 0 Å². The summed E-state index contributed by atoms with van der Waals surface area (Å²) >= 11 is 1.80. The Morgan fingerprint density at radius 3 is 2.85 bits per heavy atom. The number of fused-ring (bicyclic) bond motifs is 1. The van der Waals surface area contributed by atoms with Crippen molar-refractivity contribution in [2.24, 2.45) is 7.05 Å². The molecule has 1 aromatic carbocycles. The zero-order valence-corrected chi connectivity index (χ0v) is 8.64. The summed E-state index contributed by atoms with van der Waals surface area (Å²) in [5.74, 6) is 2.12. The Balaban J connectivity index is 2.60. The number of benzene rings is 1. The predicted molar refractivity (Wildman–Crippen MR) is 57.9 cm³/mol. The Hall–Kier alpha value is -0.960. The largest absolute Gasteiger partial charge is 0.330 e. The maximum atomic E-state index is 4.54. The molecular formula is C10H12N2S. The van der Waals surface area contributed by atoms with Crippen LogP contribution < -0.4 is 0 Å². The molecule has 0 aliphatic heterocycles. The number of aromatic nitrogens is 2. The van der Waals surface area contributed by atoms with Crippen LogP contribution in [-0.4, -0.2) is 15.8 Å². The normalized spacial score (nSPS) is 10.9. The highest BCUT2D eigenvalue weighted by molar-refractivity contribution is 7.97. The topological polar surface area (TPSA) is 17.8 Å². The lowest BCUT2D eigenvalue weighted by atomic mass is 10.3. The van der Waals surface area contributed by atoms with Crippen LogP contribution in [0.15, 0.2) is 24.3 Å². The molecule has 0 aliphatic rings. The highest BCUT2D eigenvalue weighted by Gasteiger charge is 2.04. The predicted octanol–water partition coefficient (Wildman–Crippen LogP) is 2.44. The average molecular weight is 192 g/mol. The first-order valence-corrected chi connectivity index (χ1v) is 5.61. The van der Waals surface area contributed by atoms with Crippen molar-refractivity contribution < 1.29 is 0 Å². The molecule has 0 spiro atoms. The lowest BCUT2D eigenvalue weighted by Crippen LogP contribution is -1.94. The van der Waals surface area contributed by atoms with Gasteiger partial charge >= 0.3 is 0 Å². The molecule has 0 saturated heterocycles. The monoisotopic (exact) mass is 192 g/mol. The Morgan fingerprint density at radius 1 is 1.38 bits per heavy atom. The van der Waals surface area contributed by atoms with E-state index in [0.717, 1.165) is 17.1 Å². The first kappa shape index (κ1) is 8.63. The smallest absolute Gasteiger partial charge is 0.119 e. The van der Waals surface area contributed by atoms with Crippen LogP contribution in [0.2, 0.25) is 0 Å². The van der Waals surface area contributed by atoms with Gasteiger partial charge in [0, 0.05) is 7.05 Å². The molecule has 2 rings (SSSR count). The molecule has 0 aliphatic carbocycles. The second kappa shape index (κ2) is 3.42. The van der Waals surface area contributed by atoms with E-state index in [1.54, 1.807) is 11.8 Å². The van der Waals surface area contributed by atoms with Crippen molar-refractivity contribution in [2.45, 2.75) is 5.75 Å². The molecule has 0 N–H and O–H groups in total. The van der Waals surface area contributed by atoms with Crippen LogP contribution in [0.4, 0.5) is 0 Å². The molecule has 68 valence electrons. The van der Waals surface area contributed by atoms with Crippen LogP contribution in [0, 0.1) is 0 Å². The number of hydrogen-bond donors (Lipinski definition) is 0. The number of nitrogens with zero attached hydrogens (tertiary/aromatic N) is 2. The zero-order valence-electron chi connectivity index (χ0n) is 7.82. The molecule has 1 heterocycles. The number of thioether (sulfide) groups is 1. The van der Waals surface area contributed by atoms with E-state index in [1.165, 1.54) is 5.52 Å². The van der Waals surface area contributed by atoms with Gasteiger partial charge in [0.1, 0.15) is 5.82 Å². The first-order chi connectivity index (χ1) is 6.33. The number of imidazole rings is 1. The summed E-state index contributed by atoms with van der Waals surface area (Å²) in [5.41, 5.74) is 2.31.